The third-order valence-corrected chi connectivity index (χ3v) is 5.32. The molecule has 0 amide bonds. The Kier molecular flexibility index (Phi) is 4.29. The molecule has 0 saturated carbocycles. The van der Waals surface area contributed by atoms with Gasteiger partial charge in [-0.2, -0.15) is 4.52 Å². The molecule has 5 heteroatoms. The lowest BCUT2D eigenvalue weighted by Crippen LogP contribution is -2.24. The van der Waals surface area contributed by atoms with Crippen LogP contribution in [0.1, 0.15) is 18.5 Å². The molecule has 3 heterocycles. The number of benzene rings is 2. The molecule has 0 spiro atoms. The quantitative estimate of drug-likeness (QED) is 0.549. The Morgan fingerprint density at radius 2 is 1.54 bits per heavy atom. The summed E-state index contributed by atoms with van der Waals surface area (Å²) >= 11 is 0. The lowest BCUT2D eigenvalue weighted by molar-refractivity contribution is 0.327. The summed E-state index contributed by atoms with van der Waals surface area (Å²) in [5.41, 5.74) is 4.42. The summed E-state index contributed by atoms with van der Waals surface area (Å²) in [5.74, 6) is 0. The number of aromatic nitrogens is 3. The van der Waals surface area contributed by atoms with Crippen LogP contribution >= 0.6 is 0 Å². The third-order valence-electron chi connectivity index (χ3n) is 5.32. The fraction of sp³-hybridized carbons (Fsp3) is 0.217. The highest BCUT2D eigenvalue weighted by Gasteiger charge is 2.17. The van der Waals surface area contributed by atoms with Crippen LogP contribution in [0.2, 0.25) is 0 Å². The summed E-state index contributed by atoms with van der Waals surface area (Å²) in [7, 11) is 0. The zero-order chi connectivity index (χ0) is 18.9. The molecule has 140 valence electrons. The molecule has 28 heavy (non-hydrogen) atoms. The van der Waals surface area contributed by atoms with E-state index in [0.717, 1.165) is 42.3 Å². The number of hydrogen-bond acceptors (Lipinski definition) is 3. The standard InChI is InChI=1S/C23H22N4O/c28-23-15-19(17-25-13-7-8-14-25)24-22-16-21(18-9-3-1-4-10-18)26(27(22)23)20-11-5-2-6-12-20/h1-6,9-12,15-16H,7-8,13-14,17H2. The highest BCUT2D eigenvalue weighted by atomic mass is 16.1. The summed E-state index contributed by atoms with van der Waals surface area (Å²) in [5, 5.41) is 0. The number of hydrogen-bond donors (Lipinski definition) is 0. The van der Waals surface area contributed by atoms with Gasteiger partial charge < -0.3 is 0 Å². The Morgan fingerprint density at radius 3 is 2.25 bits per heavy atom. The number of rotatable bonds is 4. The maximum absolute atomic E-state index is 13.1. The second-order valence-corrected chi connectivity index (χ2v) is 7.28. The van der Waals surface area contributed by atoms with E-state index >= 15 is 0 Å². The average Bonchev–Trinajstić information content (AvgIpc) is 3.37. The van der Waals surface area contributed by atoms with Gasteiger partial charge >= 0.3 is 0 Å². The summed E-state index contributed by atoms with van der Waals surface area (Å²) in [4.78, 5) is 20.3. The molecule has 2 aromatic heterocycles. The number of para-hydroxylation sites is 1. The number of likely N-dealkylation sites (tertiary alicyclic amines) is 1. The van der Waals surface area contributed by atoms with Crippen molar-refractivity contribution in [2.45, 2.75) is 19.4 Å². The van der Waals surface area contributed by atoms with Crippen molar-refractivity contribution in [3.63, 3.8) is 0 Å². The van der Waals surface area contributed by atoms with Crippen molar-refractivity contribution in [3.8, 4) is 16.9 Å². The van der Waals surface area contributed by atoms with Gasteiger partial charge in [0, 0.05) is 24.2 Å². The van der Waals surface area contributed by atoms with Crippen LogP contribution in [0.5, 0.6) is 0 Å². The molecule has 5 nitrogen and oxygen atoms in total. The predicted molar refractivity (Wildman–Crippen MR) is 111 cm³/mol. The Morgan fingerprint density at radius 1 is 0.857 bits per heavy atom. The van der Waals surface area contributed by atoms with E-state index in [2.05, 4.69) is 17.0 Å². The molecule has 0 aliphatic carbocycles. The van der Waals surface area contributed by atoms with Crippen LogP contribution < -0.4 is 5.56 Å². The van der Waals surface area contributed by atoms with Crippen molar-refractivity contribution in [2.24, 2.45) is 0 Å². The minimum Gasteiger partial charge on any atom is -0.298 e. The lowest BCUT2D eigenvalue weighted by atomic mass is 10.1. The Bertz CT molecular complexity index is 1160. The van der Waals surface area contributed by atoms with E-state index < -0.39 is 0 Å². The van der Waals surface area contributed by atoms with Gasteiger partial charge in [-0.05, 0) is 38.1 Å². The molecule has 0 N–H and O–H groups in total. The molecule has 0 atom stereocenters. The van der Waals surface area contributed by atoms with Crippen molar-refractivity contribution < 1.29 is 0 Å². The van der Waals surface area contributed by atoms with Crippen LogP contribution in [0, 0.1) is 0 Å². The van der Waals surface area contributed by atoms with Crippen molar-refractivity contribution in [1.29, 1.82) is 0 Å². The van der Waals surface area contributed by atoms with Crippen molar-refractivity contribution in [3.05, 3.63) is 88.8 Å². The van der Waals surface area contributed by atoms with Crippen LogP contribution in [0.3, 0.4) is 0 Å². The first-order chi connectivity index (χ1) is 13.8. The largest absolute Gasteiger partial charge is 0.298 e. The van der Waals surface area contributed by atoms with E-state index in [4.69, 9.17) is 4.98 Å². The molecular formula is C23H22N4O. The van der Waals surface area contributed by atoms with Gasteiger partial charge in [-0.25, -0.2) is 9.67 Å². The van der Waals surface area contributed by atoms with Gasteiger partial charge in [-0.3, -0.25) is 9.69 Å². The molecule has 5 rings (SSSR count). The Hall–Kier alpha value is -3.18. The van der Waals surface area contributed by atoms with E-state index in [-0.39, 0.29) is 5.56 Å². The zero-order valence-corrected chi connectivity index (χ0v) is 15.7. The highest BCUT2D eigenvalue weighted by molar-refractivity contribution is 5.67. The summed E-state index contributed by atoms with van der Waals surface area (Å²) < 4.78 is 3.63. The number of fused-ring (bicyclic) bond motifs is 1. The van der Waals surface area contributed by atoms with E-state index in [1.807, 2.05) is 59.3 Å². The minimum atomic E-state index is -0.0507. The molecule has 0 unspecified atom stereocenters. The second kappa shape index (κ2) is 7.09. The first-order valence-corrected chi connectivity index (χ1v) is 9.77. The van der Waals surface area contributed by atoms with Gasteiger partial charge in [0.1, 0.15) is 0 Å². The first kappa shape index (κ1) is 17.0. The van der Waals surface area contributed by atoms with Crippen LogP contribution in [0.15, 0.2) is 77.6 Å². The highest BCUT2D eigenvalue weighted by Crippen LogP contribution is 2.25. The zero-order valence-electron chi connectivity index (χ0n) is 15.7. The Balaban J connectivity index is 1.71. The summed E-state index contributed by atoms with van der Waals surface area (Å²) in [6, 6.07) is 23.8. The van der Waals surface area contributed by atoms with Gasteiger partial charge in [-0.15, -0.1) is 0 Å². The van der Waals surface area contributed by atoms with Crippen LogP contribution in [-0.2, 0) is 6.54 Å². The SMILES string of the molecule is O=c1cc(CN2CCCC2)nc2cc(-c3ccccc3)n(-c3ccccc3)n12. The summed E-state index contributed by atoms with van der Waals surface area (Å²) in [6.07, 6.45) is 2.45. The van der Waals surface area contributed by atoms with E-state index in [9.17, 15) is 4.79 Å². The van der Waals surface area contributed by atoms with Crippen molar-refractivity contribution in [2.75, 3.05) is 13.1 Å². The van der Waals surface area contributed by atoms with Crippen LogP contribution in [0.25, 0.3) is 22.6 Å². The average molecular weight is 370 g/mol. The topological polar surface area (TPSA) is 42.5 Å². The fourth-order valence-corrected chi connectivity index (χ4v) is 4.02. The monoisotopic (exact) mass is 370 g/mol. The molecule has 0 radical (unpaired) electrons. The second-order valence-electron chi connectivity index (χ2n) is 7.28. The molecule has 2 aromatic carbocycles. The van der Waals surface area contributed by atoms with Crippen LogP contribution in [0.4, 0.5) is 0 Å². The van der Waals surface area contributed by atoms with Gasteiger partial charge in [0.2, 0.25) is 0 Å². The predicted octanol–water partition coefficient (Wildman–Crippen LogP) is 3.75. The van der Waals surface area contributed by atoms with E-state index in [1.54, 1.807) is 10.6 Å². The smallest absolute Gasteiger partial charge is 0.273 e. The summed E-state index contributed by atoms with van der Waals surface area (Å²) in [6.45, 7) is 2.91. The van der Waals surface area contributed by atoms with Gasteiger partial charge in [0.05, 0.1) is 17.1 Å². The Labute approximate surface area is 163 Å². The molecule has 0 bridgehead atoms. The van der Waals surface area contributed by atoms with Gasteiger partial charge in [0.25, 0.3) is 5.56 Å². The fourth-order valence-electron chi connectivity index (χ4n) is 4.02. The van der Waals surface area contributed by atoms with Crippen molar-refractivity contribution in [1.82, 2.24) is 19.1 Å². The first-order valence-electron chi connectivity index (χ1n) is 9.77. The van der Waals surface area contributed by atoms with E-state index in [1.165, 1.54) is 12.8 Å². The van der Waals surface area contributed by atoms with Gasteiger partial charge in [0.15, 0.2) is 5.65 Å². The maximum Gasteiger partial charge on any atom is 0.273 e. The molecule has 4 aromatic rings. The third kappa shape index (κ3) is 3.04. The van der Waals surface area contributed by atoms with Gasteiger partial charge in [-0.1, -0.05) is 48.5 Å². The normalized spacial score (nSPS) is 14.7. The maximum atomic E-state index is 13.1. The van der Waals surface area contributed by atoms with Crippen molar-refractivity contribution >= 4 is 5.65 Å². The lowest BCUT2D eigenvalue weighted by Gasteiger charge is -2.14. The minimum absolute atomic E-state index is 0.0507. The molecule has 1 saturated heterocycles. The molecular weight excluding hydrogens is 348 g/mol. The molecule has 1 fully saturated rings. The molecule has 1 aliphatic rings. The number of nitrogens with zero attached hydrogens (tertiary/aromatic N) is 4. The molecule has 1 aliphatic heterocycles. The van der Waals surface area contributed by atoms with Crippen LogP contribution in [-0.4, -0.2) is 32.2 Å². The van der Waals surface area contributed by atoms with E-state index in [0.29, 0.717) is 5.65 Å².